The van der Waals surface area contributed by atoms with E-state index in [0.717, 1.165) is 20.8 Å². The second kappa shape index (κ2) is 10.8. The molecular formula is C27H22BrN3O4. The van der Waals surface area contributed by atoms with Gasteiger partial charge in [0.2, 0.25) is 0 Å². The molecule has 4 rings (SSSR count). The van der Waals surface area contributed by atoms with Crippen LogP contribution in [0.15, 0.2) is 89.4 Å². The normalized spacial score (nSPS) is 10.5. The van der Waals surface area contributed by atoms with Gasteiger partial charge in [-0.2, -0.15) is 0 Å². The highest BCUT2D eigenvalue weighted by Gasteiger charge is 2.12. The summed E-state index contributed by atoms with van der Waals surface area (Å²) in [6.45, 7) is 1.59. The fourth-order valence-corrected chi connectivity index (χ4v) is 4.04. The van der Waals surface area contributed by atoms with Gasteiger partial charge >= 0.3 is 0 Å². The van der Waals surface area contributed by atoms with Crippen molar-refractivity contribution >= 4 is 50.1 Å². The molecule has 0 saturated heterocycles. The number of anilines is 1. The number of hydrogen-bond donors (Lipinski definition) is 3. The Morgan fingerprint density at radius 3 is 2.29 bits per heavy atom. The Bertz CT molecular complexity index is 1400. The number of halogens is 1. The lowest BCUT2D eigenvalue weighted by Crippen LogP contribution is -2.43. The van der Waals surface area contributed by atoms with Crippen molar-refractivity contribution in [2.24, 2.45) is 0 Å². The van der Waals surface area contributed by atoms with E-state index < -0.39 is 11.8 Å². The third-order valence-corrected chi connectivity index (χ3v) is 6.11. The molecule has 0 aliphatic carbocycles. The van der Waals surface area contributed by atoms with Crippen molar-refractivity contribution < 1.29 is 19.1 Å². The molecule has 176 valence electrons. The molecule has 3 N–H and O–H groups in total. The van der Waals surface area contributed by atoms with Crippen LogP contribution in [0.1, 0.15) is 26.3 Å². The fraction of sp³-hybridized carbons (Fsp3) is 0.0741. The maximum absolute atomic E-state index is 12.4. The lowest BCUT2D eigenvalue weighted by Gasteiger charge is -2.12. The molecule has 8 heteroatoms. The van der Waals surface area contributed by atoms with Crippen molar-refractivity contribution in [3.63, 3.8) is 0 Å². The number of hydrazine groups is 1. The Labute approximate surface area is 210 Å². The minimum atomic E-state index is -0.513. The average Bonchev–Trinajstić information content (AvgIpc) is 2.87. The number of fused-ring (bicyclic) bond motifs is 1. The van der Waals surface area contributed by atoms with Crippen LogP contribution in [0.5, 0.6) is 5.75 Å². The summed E-state index contributed by atoms with van der Waals surface area (Å²) in [6, 6.07) is 25.1. The van der Waals surface area contributed by atoms with Crippen LogP contribution >= 0.6 is 15.9 Å². The molecule has 35 heavy (non-hydrogen) atoms. The molecule has 3 amide bonds. The Hall–Kier alpha value is -4.17. The summed E-state index contributed by atoms with van der Waals surface area (Å²) in [5.74, 6) is -0.721. The van der Waals surface area contributed by atoms with E-state index in [-0.39, 0.29) is 12.5 Å². The zero-order valence-electron chi connectivity index (χ0n) is 18.8. The Balaban J connectivity index is 1.27. The average molecular weight is 532 g/mol. The number of ether oxygens (including phenoxy) is 1. The predicted molar refractivity (Wildman–Crippen MR) is 138 cm³/mol. The second-order valence-electron chi connectivity index (χ2n) is 7.74. The van der Waals surface area contributed by atoms with Crippen LogP contribution < -0.4 is 20.9 Å². The van der Waals surface area contributed by atoms with Gasteiger partial charge in [0.05, 0.1) is 4.47 Å². The molecule has 0 bridgehead atoms. The zero-order chi connectivity index (χ0) is 24.8. The number of aryl methyl sites for hydroxylation is 1. The Kier molecular flexibility index (Phi) is 7.42. The van der Waals surface area contributed by atoms with Gasteiger partial charge in [-0.15, -0.1) is 0 Å². The number of benzene rings is 4. The summed E-state index contributed by atoms with van der Waals surface area (Å²) >= 11 is 3.51. The molecule has 4 aromatic carbocycles. The van der Waals surface area contributed by atoms with Crippen LogP contribution in [-0.2, 0) is 4.79 Å². The molecule has 0 heterocycles. The first-order valence-corrected chi connectivity index (χ1v) is 11.6. The predicted octanol–water partition coefficient (Wildman–Crippen LogP) is 5.00. The van der Waals surface area contributed by atoms with Crippen molar-refractivity contribution in [1.29, 1.82) is 0 Å². The molecule has 0 aliphatic rings. The van der Waals surface area contributed by atoms with Crippen LogP contribution in [0.25, 0.3) is 10.8 Å². The quantitative estimate of drug-likeness (QED) is 0.305. The van der Waals surface area contributed by atoms with Crippen molar-refractivity contribution in [2.45, 2.75) is 6.92 Å². The van der Waals surface area contributed by atoms with E-state index in [1.807, 2.05) is 49.4 Å². The lowest BCUT2D eigenvalue weighted by atomic mass is 10.1. The Morgan fingerprint density at radius 1 is 0.800 bits per heavy atom. The first-order chi connectivity index (χ1) is 16.9. The first kappa shape index (κ1) is 24.0. The van der Waals surface area contributed by atoms with Gasteiger partial charge in [0, 0.05) is 16.8 Å². The standard InChI is InChI=1S/C27H22BrN3O4/c1-17-6-2-4-8-21(17)27(34)29-20-13-10-19(11-14-20)26(33)31-30-24(32)16-35-23-15-12-18-7-3-5-9-22(18)25(23)28/h2-15H,16H2,1H3,(H,29,34)(H,30,32)(H,31,33). The third-order valence-electron chi connectivity index (χ3n) is 5.30. The summed E-state index contributed by atoms with van der Waals surface area (Å²) in [4.78, 5) is 36.9. The minimum absolute atomic E-state index is 0.231. The second-order valence-corrected chi connectivity index (χ2v) is 8.53. The zero-order valence-corrected chi connectivity index (χ0v) is 20.4. The highest BCUT2D eigenvalue weighted by atomic mass is 79.9. The molecule has 0 spiro atoms. The Morgan fingerprint density at radius 2 is 1.51 bits per heavy atom. The van der Waals surface area contributed by atoms with Crippen LogP contribution in [0.2, 0.25) is 0 Å². The molecule has 0 fully saturated rings. The van der Waals surface area contributed by atoms with Crippen molar-refractivity contribution in [3.05, 3.63) is 106 Å². The SMILES string of the molecule is Cc1ccccc1C(=O)Nc1ccc(C(=O)NNC(=O)COc2ccc3ccccc3c2Br)cc1. The summed E-state index contributed by atoms with van der Waals surface area (Å²) < 4.78 is 6.34. The van der Waals surface area contributed by atoms with Crippen molar-refractivity contribution in [3.8, 4) is 5.75 Å². The fourth-order valence-electron chi connectivity index (χ4n) is 3.43. The molecule has 0 aliphatic heterocycles. The van der Waals surface area contributed by atoms with Gasteiger partial charge in [0.15, 0.2) is 6.61 Å². The smallest absolute Gasteiger partial charge is 0.276 e. The van der Waals surface area contributed by atoms with Gasteiger partial charge < -0.3 is 10.1 Å². The topological polar surface area (TPSA) is 96.5 Å². The summed E-state index contributed by atoms with van der Waals surface area (Å²) in [7, 11) is 0. The molecule has 0 unspecified atom stereocenters. The maximum Gasteiger partial charge on any atom is 0.276 e. The lowest BCUT2D eigenvalue weighted by molar-refractivity contribution is -0.123. The van der Waals surface area contributed by atoms with Crippen molar-refractivity contribution in [1.82, 2.24) is 10.9 Å². The van der Waals surface area contributed by atoms with E-state index in [0.29, 0.717) is 22.6 Å². The summed E-state index contributed by atoms with van der Waals surface area (Å²) in [5, 5.41) is 4.82. The highest BCUT2D eigenvalue weighted by Crippen LogP contribution is 2.32. The molecule has 0 saturated carbocycles. The first-order valence-electron chi connectivity index (χ1n) is 10.8. The molecule has 0 aromatic heterocycles. The summed E-state index contributed by atoms with van der Waals surface area (Å²) in [5.41, 5.74) is 7.00. The molecule has 7 nitrogen and oxygen atoms in total. The molecule has 0 atom stereocenters. The number of nitrogens with one attached hydrogen (secondary N) is 3. The number of amides is 3. The van der Waals surface area contributed by atoms with Gasteiger partial charge in [-0.25, -0.2) is 0 Å². The highest BCUT2D eigenvalue weighted by molar-refractivity contribution is 9.10. The van der Waals surface area contributed by atoms with E-state index in [1.54, 1.807) is 42.5 Å². The molecule has 0 radical (unpaired) electrons. The van der Waals surface area contributed by atoms with Crippen LogP contribution in [0.3, 0.4) is 0 Å². The molecular weight excluding hydrogens is 510 g/mol. The van der Waals surface area contributed by atoms with E-state index in [1.165, 1.54) is 0 Å². The van der Waals surface area contributed by atoms with Crippen LogP contribution in [0, 0.1) is 6.92 Å². The largest absolute Gasteiger partial charge is 0.483 e. The van der Waals surface area contributed by atoms with Gasteiger partial charge in [0.1, 0.15) is 5.75 Å². The van der Waals surface area contributed by atoms with Gasteiger partial charge in [-0.05, 0) is 75.6 Å². The monoisotopic (exact) mass is 531 g/mol. The maximum atomic E-state index is 12.4. The number of carbonyl (C=O) groups excluding carboxylic acids is 3. The number of carbonyl (C=O) groups is 3. The van der Waals surface area contributed by atoms with Crippen molar-refractivity contribution in [2.75, 3.05) is 11.9 Å². The van der Waals surface area contributed by atoms with E-state index in [4.69, 9.17) is 4.74 Å². The number of rotatable bonds is 6. The van der Waals surface area contributed by atoms with Gasteiger partial charge in [-0.1, -0.05) is 48.5 Å². The summed E-state index contributed by atoms with van der Waals surface area (Å²) in [6.07, 6.45) is 0. The van der Waals surface area contributed by atoms with Crippen LogP contribution in [-0.4, -0.2) is 24.3 Å². The third kappa shape index (κ3) is 5.85. The van der Waals surface area contributed by atoms with E-state index in [9.17, 15) is 14.4 Å². The van der Waals surface area contributed by atoms with E-state index >= 15 is 0 Å². The van der Waals surface area contributed by atoms with E-state index in [2.05, 4.69) is 32.1 Å². The van der Waals surface area contributed by atoms with Gasteiger partial charge in [0.25, 0.3) is 17.7 Å². The van der Waals surface area contributed by atoms with Gasteiger partial charge in [-0.3, -0.25) is 25.2 Å². The number of hydrogen-bond acceptors (Lipinski definition) is 4. The molecule has 4 aromatic rings. The minimum Gasteiger partial charge on any atom is -0.483 e. The van der Waals surface area contributed by atoms with Crippen LogP contribution in [0.4, 0.5) is 5.69 Å².